The molecule has 0 amide bonds. The Morgan fingerprint density at radius 2 is 1.92 bits per heavy atom. The standard InChI is InChI=1S/C18H17ClFN3OS/c19-16-9-12(15-11-22-17-10-13(20)2-3-14(15)17)1-4-18(16)25(24)23-7-5-21-6-8-23/h1-4,9-11,21-22H,5-8H2. The first kappa shape index (κ1) is 16.9. The van der Waals surface area contributed by atoms with Crippen LogP contribution in [0.1, 0.15) is 0 Å². The molecule has 0 saturated carbocycles. The molecule has 4 rings (SSSR count). The van der Waals surface area contributed by atoms with Crippen molar-refractivity contribution in [3.63, 3.8) is 0 Å². The van der Waals surface area contributed by atoms with E-state index in [0.717, 1.165) is 48.2 Å². The Balaban J connectivity index is 1.67. The van der Waals surface area contributed by atoms with E-state index < -0.39 is 11.4 Å². The van der Waals surface area contributed by atoms with Gasteiger partial charge in [0.05, 0.1) is 29.5 Å². The van der Waals surface area contributed by atoms with Crippen LogP contribution >= 0.6 is 11.6 Å². The first-order chi connectivity index (χ1) is 12.1. The van der Waals surface area contributed by atoms with Crippen molar-refractivity contribution >= 4 is 33.9 Å². The summed E-state index contributed by atoms with van der Waals surface area (Å²) < 4.78 is 28.0. The van der Waals surface area contributed by atoms with E-state index in [9.17, 15) is 8.94 Å². The summed E-state index contributed by atoms with van der Waals surface area (Å²) in [6, 6.07) is 10.2. The maximum absolute atomic E-state index is 13.3. The number of aromatic nitrogens is 1. The van der Waals surface area contributed by atoms with Gasteiger partial charge in [-0.05, 0) is 42.0 Å². The molecular formula is C18H17ClFN3OS. The first-order valence-electron chi connectivity index (χ1n) is 8.07. The lowest BCUT2D eigenvalue weighted by atomic mass is 10.1. The zero-order valence-electron chi connectivity index (χ0n) is 13.4. The van der Waals surface area contributed by atoms with Crippen LogP contribution in [0.15, 0.2) is 47.5 Å². The summed E-state index contributed by atoms with van der Waals surface area (Å²) >= 11 is 5.17. The Kier molecular flexibility index (Phi) is 4.71. The molecule has 2 aromatic carbocycles. The number of rotatable bonds is 3. The van der Waals surface area contributed by atoms with Crippen molar-refractivity contribution in [2.45, 2.75) is 4.90 Å². The number of nitrogens with one attached hydrogen (secondary N) is 2. The van der Waals surface area contributed by atoms with E-state index in [4.69, 9.17) is 11.6 Å². The number of halogens is 2. The highest BCUT2D eigenvalue weighted by Gasteiger charge is 2.26. The molecule has 0 bridgehead atoms. The van der Waals surface area contributed by atoms with Crippen molar-refractivity contribution in [1.82, 2.24) is 14.6 Å². The van der Waals surface area contributed by atoms with E-state index in [1.165, 1.54) is 12.1 Å². The van der Waals surface area contributed by atoms with Gasteiger partial charge >= 0.3 is 0 Å². The van der Waals surface area contributed by atoms with Gasteiger partial charge in [-0.2, -0.15) is 0 Å². The molecule has 1 saturated heterocycles. The van der Waals surface area contributed by atoms with Crippen LogP contribution in [-0.2, 0) is 11.4 Å². The number of fused-ring (bicyclic) bond motifs is 1. The van der Waals surface area contributed by atoms with Gasteiger partial charge in [0, 0.05) is 35.8 Å². The molecule has 0 aliphatic carbocycles. The van der Waals surface area contributed by atoms with E-state index in [1.807, 2.05) is 28.7 Å². The summed E-state index contributed by atoms with van der Waals surface area (Å²) in [7, 11) is 0. The van der Waals surface area contributed by atoms with Crippen LogP contribution < -0.4 is 5.32 Å². The molecule has 1 fully saturated rings. The summed E-state index contributed by atoms with van der Waals surface area (Å²) in [6.07, 6.45) is 1.84. The summed E-state index contributed by atoms with van der Waals surface area (Å²) in [5, 5.41) is 4.65. The Labute approximate surface area is 153 Å². The molecule has 7 heteroatoms. The first-order valence-corrected chi connectivity index (χ1v) is 9.56. The van der Waals surface area contributed by atoms with E-state index >= 15 is 0 Å². The van der Waals surface area contributed by atoms with Gasteiger partial charge in [-0.15, -0.1) is 4.31 Å². The van der Waals surface area contributed by atoms with Crippen molar-refractivity contribution < 1.29 is 8.94 Å². The minimum absolute atomic E-state index is 0.277. The minimum Gasteiger partial charge on any atom is -0.593 e. The molecular weight excluding hydrogens is 361 g/mol. The molecule has 1 atom stereocenters. The quantitative estimate of drug-likeness (QED) is 0.686. The van der Waals surface area contributed by atoms with E-state index in [-0.39, 0.29) is 5.82 Å². The summed E-state index contributed by atoms with van der Waals surface area (Å²) in [4.78, 5) is 3.70. The highest BCUT2D eigenvalue weighted by molar-refractivity contribution is 7.89. The van der Waals surface area contributed by atoms with Crippen LogP contribution in [0.4, 0.5) is 4.39 Å². The van der Waals surface area contributed by atoms with Crippen LogP contribution in [0.3, 0.4) is 0 Å². The maximum atomic E-state index is 13.3. The van der Waals surface area contributed by atoms with Crippen molar-refractivity contribution in [3.8, 4) is 11.1 Å². The Bertz CT molecular complexity index is 910. The SMILES string of the molecule is [O-][S+](c1ccc(-c2c[nH]c3cc(F)ccc23)cc1Cl)N1CCNCC1. The van der Waals surface area contributed by atoms with Gasteiger partial charge in [0.1, 0.15) is 5.82 Å². The largest absolute Gasteiger partial charge is 0.593 e. The van der Waals surface area contributed by atoms with Gasteiger partial charge in [0.2, 0.25) is 0 Å². The predicted octanol–water partition coefficient (Wildman–Crippen LogP) is 3.56. The maximum Gasteiger partial charge on any atom is 0.192 e. The Morgan fingerprint density at radius 1 is 1.12 bits per heavy atom. The van der Waals surface area contributed by atoms with Gasteiger partial charge in [-0.1, -0.05) is 11.6 Å². The van der Waals surface area contributed by atoms with Crippen LogP contribution in [0.25, 0.3) is 22.0 Å². The lowest BCUT2D eigenvalue weighted by Gasteiger charge is -2.28. The lowest BCUT2D eigenvalue weighted by molar-refractivity contribution is 0.360. The smallest absolute Gasteiger partial charge is 0.192 e. The number of H-pyrrole nitrogens is 1. The van der Waals surface area contributed by atoms with E-state index in [0.29, 0.717) is 9.92 Å². The predicted molar refractivity (Wildman–Crippen MR) is 99.6 cm³/mol. The molecule has 4 nitrogen and oxygen atoms in total. The third-order valence-corrected chi connectivity index (χ3v) is 6.38. The molecule has 1 aliphatic rings. The topological polar surface area (TPSA) is 54.1 Å². The van der Waals surface area contributed by atoms with E-state index in [1.54, 1.807) is 6.07 Å². The van der Waals surface area contributed by atoms with Crippen molar-refractivity contribution in [2.24, 2.45) is 0 Å². The number of hydrogen-bond donors (Lipinski definition) is 2. The minimum atomic E-state index is -1.26. The van der Waals surface area contributed by atoms with Crippen LogP contribution in [0.2, 0.25) is 5.02 Å². The Morgan fingerprint density at radius 3 is 2.68 bits per heavy atom. The fourth-order valence-electron chi connectivity index (χ4n) is 3.10. The number of piperazine rings is 1. The lowest BCUT2D eigenvalue weighted by Crippen LogP contribution is -2.46. The normalized spacial score (nSPS) is 17.1. The molecule has 1 aliphatic heterocycles. The molecule has 2 heterocycles. The molecule has 1 aromatic heterocycles. The molecule has 0 spiro atoms. The summed E-state index contributed by atoms with van der Waals surface area (Å²) in [6.45, 7) is 3.12. The fourth-order valence-corrected chi connectivity index (χ4v) is 4.68. The fraction of sp³-hybridized carbons (Fsp3) is 0.222. The number of aromatic amines is 1. The van der Waals surface area contributed by atoms with Crippen molar-refractivity contribution in [1.29, 1.82) is 0 Å². The average Bonchev–Trinajstić information content (AvgIpc) is 3.04. The third kappa shape index (κ3) is 3.28. The second-order valence-corrected chi connectivity index (χ2v) is 7.83. The van der Waals surface area contributed by atoms with Gasteiger partial charge in [0.15, 0.2) is 4.90 Å². The van der Waals surface area contributed by atoms with Crippen LogP contribution in [0.5, 0.6) is 0 Å². The number of benzene rings is 2. The van der Waals surface area contributed by atoms with Crippen molar-refractivity contribution in [3.05, 3.63) is 53.4 Å². The molecule has 25 heavy (non-hydrogen) atoms. The van der Waals surface area contributed by atoms with Crippen LogP contribution in [0, 0.1) is 5.82 Å². The third-order valence-electron chi connectivity index (χ3n) is 4.39. The Hall–Kier alpha value is -1.57. The highest BCUT2D eigenvalue weighted by Crippen LogP contribution is 2.34. The second kappa shape index (κ2) is 6.97. The highest BCUT2D eigenvalue weighted by atomic mass is 35.5. The number of nitrogens with zero attached hydrogens (tertiary/aromatic N) is 1. The van der Waals surface area contributed by atoms with Gasteiger partial charge in [-0.25, -0.2) is 4.39 Å². The van der Waals surface area contributed by atoms with Gasteiger partial charge < -0.3 is 14.9 Å². The molecule has 130 valence electrons. The molecule has 3 aromatic rings. The van der Waals surface area contributed by atoms with E-state index in [2.05, 4.69) is 10.3 Å². The molecule has 2 N–H and O–H groups in total. The number of hydrogen-bond acceptors (Lipinski definition) is 3. The summed E-state index contributed by atoms with van der Waals surface area (Å²) in [5.41, 5.74) is 2.58. The second-order valence-electron chi connectivity index (χ2n) is 5.97. The van der Waals surface area contributed by atoms with Crippen molar-refractivity contribution in [2.75, 3.05) is 26.2 Å². The van der Waals surface area contributed by atoms with Gasteiger partial charge in [0.25, 0.3) is 0 Å². The monoisotopic (exact) mass is 377 g/mol. The zero-order valence-corrected chi connectivity index (χ0v) is 15.0. The molecule has 1 unspecified atom stereocenters. The average molecular weight is 378 g/mol. The van der Waals surface area contributed by atoms with Crippen LogP contribution in [-0.4, -0.2) is 40.0 Å². The zero-order chi connectivity index (χ0) is 17.4. The van der Waals surface area contributed by atoms with Gasteiger partial charge in [-0.3, -0.25) is 0 Å². The molecule has 0 radical (unpaired) electrons. The summed E-state index contributed by atoms with van der Waals surface area (Å²) in [5.74, 6) is -0.277.